The molecule has 3 nitrogen and oxygen atoms in total. The van der Waals surface area contributed by atoms with E-state index in [4.69, 9.17) is 0 Å². The standard InChI is InChI=1S/C16H22FN3/c1-4-9-18-10-12-11-19-20-15(12)16(2,3)13-5-7-14(17)8-6-13/h5-8,11,18H,4,9-10H2,1-3H3,(H,19,20). The van der Waals surface area contributed by atoms with E-state index in [-0.39, 0.29) is 11.2 Å². The molecule has 0 saturated carbocycles. The first-order valence-corrected chi connectivity index (χ1v) is 7.05. The van der Waals surface area contributed by atoms with Crippen LogP contribution in [0.5, 0.6) is 0 Å². The first-order valence-electron chi connectivity index (χ1n) is 7.05. The van der Waals surface area contributed by atoms with Crippen LogP contribution in [0.15, 0.2) is 30.5 Å². The van der Waals surface area contributed by atoms with Crippen molar-refractivity contribution in [1.29, 1.82) is 0 Å². The fourth-order valence-corrected chi connectivity index (χ4v) is 2.40. The van der Waals surface area contributed by atoms with Crippen molar-refractivity contribution in [2.75, 3.05) is 6.54 Å². The highest BCUT2D eigenvalue weighted by Crippen LogP contribution is 2.32. The SMILES string of the molecule is CCCNCc1cn[nH]c1C(C)(C)c1ccc(F)cc1. The summed E-state index contributed by atoms with van der Waals surface area (Å²) in [6.45, 7) is 8.17. The minimum absolute atomic E-state index is 0.209. The van der Waals surface area contributed by atoms with Crippen molar-refractivity contribution >= 4 is 0 Å². The van der Waals surface area contributed by atoms with E-state index in [0.29, 0.717) is 0 Å². The maximum absolute atomic E-state index is 13.1. The molecule has 1 aromatic heterocycles. The third-order valence-corrected chi connectivity index (χ3v) is 3.65. The van der Waals surface area contributed by atoms with E-state index in [0.717, 1.165) is 36.3 Å². The molecule has 0 aliphatic heterocycles. The molecule has 0 aliphatic rings. The first-order chi connectivity index (χ1) is 9.55. The van der Waals surface area contributed by atoms with Crippen LogP contribution in [0.1, 0.15) is 44.0 Å². The van der Waals surface area contributed by atoms with Crippen molar-refractivity contribution in [3.05, 3.63) is 53.1 Å². The smallest absolute Gasteiger partial charge is 0.123 e. The summed E-state index contributed by atoms with van der Waals surface area (Å²) in [5.74, 6) is -0.209. The average Bonchev–Trinajstić information content (AvgIpc) is 2.89. The Morgan fingerprint density at radius 3 is 2.60 bits per heavy atom. The molecule has 2 rings (SSSR count). The quantitative estimate of drug-likeness (QED) is 0.794. The van der Waals surface area contributed by atoms with Gasteiger partial charge in [0.05, 0.1) is 6.20 Å². The largest absolute Gasteiger partial charge is 0.313 e. The van der Waals surface area contributed by atoms with Gasteiger partial charge in [0, 0.05) is 23.2 Å². The van der Waals surface area contributed by atoms with Crippen LogP contribution in [0, 0.1) is 5.82 Å². The van der Waals surface area contributed by atoms with Crippen LogP contribution in [-0.4, -0.2) is 16.7 Å². The highest BCUT2D eigenvalue weighted by atomic mass is 19.1. The molecule has 0 spiro atoms. The molecule has 0 fully saturated rings. The molecular weight excluding hydrogens is 253 g/mol. The summed E-state index contributed by atoms with van der Waals surface area (Å²) in [5, 5.41) is 10.7. The molecule has 2 N–H and O–H groups in total. The summed E-state index contributed by atoms with van der Waals surface area (Å²) in [7, 11) is 0. The fourth-order valence-electron chi connectivity index (χ4n) is 2.40. The molecule has 0 aliphatic carbocycles. The molecule has 20 heavy (non-hydrogen) atoms. The van der Waals surface area contributed by atoms with Crippen LogP contribution < -0.4 is 5.32 Å². The number of rotatable bonds is 6. The monoisotopic (exact) mass is 275 g/mol. The van der Waals surface area contributed by atoms with Gasteiger partial charge < -0.3 is 5.32 Å². The molecule has 2 aromatic rings. The molecule has 0 saturated heterocycles. The van der Waals surface area contributed by atoms with E-state index in [9.17, 15) is 4.39 Å². The van der Waals surface area contributed by atoms with Crippen LogP contribution in [0.3, 0.4) is 0 Å². The van der Waals surface area contributed by atoms with Gasteiger partial charge in [0.2, 0.25) is 0 Å². The number of benzene rings is 1. The van der Waals surface area contributed by atoms with Gasteiger partial charge in [-0.05, 0) is 30.7 Å². The predicted octanol–water partition coefficient (Wildman–Crippen LogP) is 3.37. The summed E-state index contributed by atoms with van der Waals surface area (Å²) < 4.78 is 13.1. The minimum Gasteiger partial charge on any atom is -0.313 e. The Morgan fingerprint density at radius 2 is 1.95 bits per heavy atom. The summed E-state index contributed by atoms with van der Waals surface area (Å²) in [6.07, 6.45) is 2.97. The second-order valence-electron chi connectivity index (χ2n) is 5.58. The Hall–Kier alpha value is -1.68. The van der Waals surface area contributed by atoms with Crippen molar-refractivity contribution < 1.29 is 4.39 Å². The summed E-state index contributed by atoms with van der Waals surface area (Å²) in [5.41, 5.74) is 3.08. The van der Waals surface area contributed by atoms with Gasteiger partial charge in [0.1, 0.15) is 5.82 Å². The third-order valence-electron chi connectivity index (χ3n) is 3.65. The number of halogens is 1. The Kier molecular flexibility index (Phi) is 4.55. The third kappa shape index (κ3) is 3.07. The van der Waals surface area contributed by atoms with Crippen LogP contribution in [0.25, 0.3) is 0 Å². The van der Waals surface area contributed by atoms with Crippen LogP contribution in [0.4, 0.5) is 4.39 Å². The van der Waals surface area contributed by atoms with Gasteiger partial charge in [0.25, 0.3) is 0 Å². The molecule has 0 unspecified atom stereocenters. The summed E-state index contributed by atoms with van der Waals surface area (Å²) in [6, 6.07) is 6.67. The van der Waals surface area contributed by atoms with Gasteiger partial charge >= 0.3 is 0 Å². The van der Waals surface area contributed by atoms with Crippen LogP contribution in [-0.2, 0) is 12.0 Å². The highest BCUT2D eigenvalue weighted by Gasteiger charge is 2.27. The minimum atomic E-state index is -0.229. The topological polar surface area (TPSA) is 40.7 Å². The predicted molar refractivity (Wildman–Crippen MR) is 79.1 cm³/mol. The van der Waals surface area contributed by atoms with E-state index in [2.05, 4.69) is 36.3 Å². The van der Waals surface area contributed by atoms with E-state index >= 15 is 0 Å². The van der Waals surface area contributed by atoms with Crippen molar-refractivity contribution in [2.45, 2.75) is 39.2 Å². The Labute approximate surface area is 119 Å². The van der Waals surface area contributed by atoms with E-state index in [1.165, 1.54) is 12.1 Å². The van der Waals surface area contributed by atoms with E-state index < -0.39 is 0 Å². The number of H-pyrrole nitrogens is 1. The summed E-state index contributed by atoms with van der Waals surface area (Å²) >= 11 is 0. The maximum Gasteiger partial charge on any atom is 0.123 e. The van der Waals surface area contributed by atoms with Crippen molar-refractivity contribution in [3.8, 4) is 0 Å². The van der Waals surface area contributed by atoms with Gasteiger partial charge in [-0.3, -0.25) is 5.10 Å². The fraction of sp³-hybridized carbons (Fsp3) is 0.438. The molecule has 0 amide bonds. The number of nitrogens with zero attached hydrogens (tertiary/aromatic N) is 1. The molecule has 108 valence electrons. The van der Waals surface area contributed by atoms with Crippen molar-refractivity contribution in [1.82, 2.24) is 15.5 Å². The molecule has 1 heterocycles. The lowest BCUT2D eigenvalue weighted by atomic mass is 9.80. The Bertz CT molecular complexity index is 543. The maximum atomic E-state index is 13.1. The molecule has 1 aromatic carbocycles. The number of hydrogen-bond acceptors (Lipinski definition) is 2. The molecule has 4 heteroatoms. The first kappa shape index (κ1) is 14.7. The Morgan fingerprint density at radius 1 is 1.25 bits per heavy atom. The zero-order valence-corrected chi connectivity index (χ0v) is 12.3. The number of aromatic nitrogens is 2. The molecule has 0 atom stereocenters. The second-order valence-corrected chi connectivity index (χ2v) is 5.58. The lowest BCUT2D eigenvalue weighted by Crippen LogP contribution is -2.23. The van der Waals surface area contributed by atoms with Gasteiger partial charge in [-0.1, -0.05) is 32.9 Å². The van der Waals surface area contributed by atoms with Crippen LogP contribution in [0.2, 0.25) is 0 Å². The van der Waals surface area contributed by atoms with E-state index in [1.54, 1.807) is 0 Å². The Balaban J connectivity index is 2.25. The molecule has 0 bridgehead atoms. The normalized spacial score (nSPS) is 11.8. The number of aromatic amines is 1. The van der Waals surface area contributed by atoms with Crippen LogP contribution >= 0.6 is 0 Å². The number of hydrogen-bond donors (Lipinski definition) is 2. The second kappa shape index (κ2) is 6.18. The zero-order valence-electron chi connectivity index (χ0n) is 12.3. The molecule has 0 radical (unpaired) electrons. The van der Waals surface area contributed by atoms with Gasteiger partial charge in [0.15, 0.2) is 0 Å². The van der Waals surface area contributed by atoms with Gasteiger partial charge in [-0.25, -0.2) is 4.39 Å². The van der Waals surface area contributed by atoms with E-state index in [1.807, 2.05) is 18.3 Å². The lowest BCUT2D eigenvalue weighted by molar-refractivity contribution is 0.587. The zero-order chi connectivity index (χ0) is 14.6. The number of nitrogens with one attached hydrogen (secondary N) is 2. The van der Waals surface area contributed by atoms with Gasteiger partial charge in [-0.2, -0.15) is 5.10 Å². The highest BCUT2D eigenvalue weighted by molar-refractivity contribution is 5.37. The average molecular weight is 275 g/mol. The van der Waals surface area contributed by atoms with Crippen molar-refractivity contribution in [3.63, 3.8) is 0 Å². The summed E-state index contributed by atoms with van der Waals surface area (Å²) in [4.78, 5) is 0. The lowest BCUT2D eigenvalue weighted by Gasteiger charge is -2.25. The molecular formula is C16H22FN3. The van der Waals surface area contributed by atoms with Gasteiger partial charge in [-0.15, -0.1) is 0 Å². The van der Waals surface area contributed by atoms with Crippen molar-refractivity contribution in [2.24, 2.45) is 0 Å².